The van der Waals surface area contributed by atoms with Crippen LogP contribution in [0.4, 0.5) is 5.82 Å². The molecule has 16 heavy (non-hydrogen) atoms. The quantitative estimate of drug-likeness (QED) is 0.811. The summed E-state index contributed by atoms with van der Waals surface area (Å²) in [6, 6.07) is 4.64. The van der Waals surface area contributed by atoms with E-state index in [0.717, 1.165) is 24.5 Å². The molecule has 1 fully saturated rings. The molecule has 1 aromatic heterocycles. The summed E-state index contributed by atoms with van der Waals surface area (Å²) in [7, 11) is 0. The van der Waals surface area contributed by atoms with Crippen LogP contribution in [0.5, 0.6) is 0 Å². The molecule has 0 bridgehead atoms. The van der Waals surface area contributed by atoms with E-state index in [0.29, 0.717) is 6.04 Å². The van der Waals surface area contributed by atoms with Crippen LogP contribution >= 0.6 is 0 Å². The number of hydrogen-bond donors (Lipinski definition) is 2. The normalized spacial score (nSPS) is 20.7. The lowest BCUT2D eigenvalue weighted by molar-refractivity contribution is 0.389. The van der Waals surface area contributed by atoms with Crippen molar-refractivity contribution in [3.63, 3.8) is 0 Å². The van der Waals surface area contributed by atoms with Crippen molar-refractivity contribution in [3.8, 4) is 0 Å². The van der Waals surface area contributed by atoms with Crippen molar-refractivity contribution in [1.82, 2.24) is 15.5 Å². The van der Waals surface area contributed by atoms with E-state index >= 15 is 0 Å². The van der Waals surface area contributed by atoms with Crippen LogP contribution in [0.1, 0.15) is 31.4 Å². The molecule has 0 aromatic carbocycles. The van der Waals surface area contributed by atoms with Crippen LogP contribution in [0, 0.1) is 6.92 Å². The van der Waals surface area contributed by atoms with Crippen LogP contribution in [-0.2, 0) is 0 Å². The Kier molecular flexibility index (Phi) is 4.10. The molecule has 0 amide bonds. The van der Waals surface area contributed by atoms with E-state index in [4.69, 9.17) is 0 Å². The predicted molar refractivity (Wildman–Crippen MR) is 65.5 cm³/mol. The minimum Gasteiger partial charge on any atom is -0.369 e. The molecule has 1 saturated heterocycles. The van der Waals surface area contributed by atoms with E-state index in [2.05, 4.69) is 20.8 Å². The van der Waals surface area contributed by atoms with Crippen LogP contribution in [0.25, 0.3) is 0 Å². The Balaban J connectivity index is 1.69. The molecule has 1 aromatic rings. The zero-order valence-corrected chi connectivity index (χ0v) is 9.87. The molecule has 2 rings (SSSR count). The summed E-state index contributed by atoms with van der Waals surface area (Å²) in [5.41, 5.74) is 0.958. The Hall–Kier alpha value is -1.16. The zero-order valence-electron chi connectivity index (χ0n) is 9.87. The van der Waals surface area contributed by atoms with Gasteiger partial charge < -0.3 is 10.6 Å². The van der Waals surface area contributed by atoms with E-state index in [1.54, 1.807) is 0 Å². The number of rotatable bonds is 4. The zero-order chi connectivity index (χ0) is 11.2. The highest BCUT2D eigenvalue weighted by atomic mass is 15.2. The van der Waals surface area contributed by atoms with E-state index in [1.165, 1.54) is 25.8 Å². The number of hydrogen-bond acceptors (Lipinski definition) is 4. The van der Waals surface area contributed by atoms with Gasteiger partial charge in [-0.15, -0.1) is 5.10 Å². The van der Waals surface area contributed by atoms with Gasteiger partial charge in [0.2, 0.25) is 0 Å². The van der Waals surface area contributed by atoms with Gasteiger partial charge in [-0.1, -0.05) is 6.42 Å². The molecular formula is C12H20N4. The standard InChI is InChI=1S/C12H20N4/c1-10-5-6-12(16-15-10)14-9-7-11-4-2-3-8-13-11/h5-6,11,13H,2-4,7-9H2,1H3,(H,14,16). The molecule has 1 aliphatic rings. The van der Waals surface area contributed by atoms with Gasteiger partial charge in [-0.2, -0.15) is 5.10 Å². The minimum absolute atomic E-state index is 0.680. The molecule has 1 atom stereocenters. The average Bonchev–Trinajstić information content (AvgIpc) is 2.33. The molecule has 88 valence electrons. The van der Waals surface area contributed by atoms with Crippen molar-refractivity contribution < 1.29 is 0 Å². The van der Waals surface area contributed by atoms with Crippen molar-refractivity contribution in [2.75, 3.05) is 18.4 Å². The Morgan fingerprint density at radius 2 is 2.31 bits per heavy atom. The average molecular weight is 220 g/mol. The van der Waals surface area contributed by atoms with Crippen molar-refractivity contribution in [2.45, 2.75) is 38.6 Å². The highest BCUT2D eigenvalue weighted by Gasteiger charge is 2.11. The molecule has 0 saturated carbocycles. The van der Waals surface area contributed by atoms with Crippen LogP contribution in [-0.4, -0.2) is 29.3 Å². The van der Waals surface area contributed by atoms with Gasteiger partial charge in [0.05, 0.1) is 5.69 Å². The van der Waals surface area contributed by atoms with Gasteiger partial charge in [0.15, 0.2) is 0 Å². The molecule has 0 spiro atoms. The highest BCUT2D eigenvalue weighted by molar-refractivity contribution is 5.32. The monoisotopic (exact) mass is 220 g/mol. The summed E-state index contributed by atoms with van der Waals surface area (Å²) in [4.78, 5) is 0. The smallest absolute Gasteiger partial charge is 0.148 e. The summed E-state index contributed by atoms with van der Waals surface area (Å²) in [5.74, 6) is 0.876. The maximum atomic E-state index is 4.08. The molecule has 0 aliphatic carbocycles. The third-order valence-electron chi connectivity index (χ3n) is 3.01. The summed E-state index contributed by atoms with van der Waals surface area (Å²) in [6.07, 6.45) is 5.16. The first-order valence-corrected chi connectivity index (χ1v) is 6.12. The van der Waals surface area contributed by atoms with E-state index in [1.807, 2.05) is 19.1 Å². The van der Waals surface area contributed by atoms with Crippen molar-refractivity contribution in [1.29, 1.82) is 0 Å². The molecule has 0 radical (unpaired) electrons. The lowest BCUT2D eigenvalue weighted by Crippen LogP contribution is -2.35. The molecule has 2 N–H and O–H groups in total. The first-order valence-electron chi connectivity index (χ1n) is 6.12. The van der Waals surface area contributed by atoms with Gasteiger partial charge in [-0.25, -0.2) is 0 Å². The van der Waals surface area contributed by atoms with Crippen LogP contribution in [0.2, 0.25) is 0 Å². The Morgan fingerprint density at radius 3 is 3.00 bits per heavy atom. The van der Waals surface area contributed by atoms with E-state index in [-0.39, 0.29) is 0 Å². The third-order valence-corrected chi connectivity index (χ3v) is 3.01. The topological polar surface area (TPSA) is 49.8 Å². The van der Waals surface area contributed by atoms with Crippen LogP contribution in [0.3, 0.4) is 0 Å². The first kappa shape index (κ1) is 11.3. The molecule has 2 heterocycles. The number of piperidine rings is 1. The number of aromatic nitrogens is 2. The second kappa shape index (κ2) is 5.80. The lowest BCUT2D eigenvalue weighted by Gasteiger charge is -2.23. The predicted octanol–water partition coefficient (Wildman–Crippen LogP) is 1.73. The maximum absolute atomic E-state index is 4.08. The van der Waals surface area contributed by atoms with Crippen molar-refractivity contribution >= 4 is 5.82 Å². The van der Waals surface area contributed by atoms with Gasteiger partial charge in [-0.3, -0.25) is 0 Å². The Labute approximate surface area is 96.9 Å². The molecule has 1 unspecified atom stereocenters. The van der Waals surface area contributed by atoms with E-state index < -0.39 is 0 Å². The van der Waals surface area contributed by atoms with Gasteiger partial charge in [-0.05, 0) is 44.9 Å². The second-order valence-electron chi connectivity index (χ2n) is 4.42. The molecular weight excluding hydrogens is 200 g/mol. The van der Waals surface area contributed by atoms with Gasteiger partial charge in [0.25, 0.3) is 0 Å². The van der Waals surface area contributed by atoms with E-state index in [9.17, 15) is 0 Å². The molecule has 4 heteroatoms. The van der Waals surface area contributed by atoms with Crippen LogP contribution < -0.4 is 10.6 Å². The summed E-state index contributed by atoms with van der Waals surface area (Å²) in [5, 5.41) is 14.9. The summed E-state index contributed by atoms with van der Waals surface area (Å²) >= 11 is 0. The van der Waals surface area contributed by atoms with Crippen LogP contribution in [0.15, 0.2) is 12.1 Å². The number of nitrogens with one attached hydrogen (secondary N) is 2. The Morgan fingerprint density at radius 1 is 1.38 bits per heavy atom. The van der Waals surface area contributed by atoms with Gasteiger partial charge >= 0.3 is 0 Å². The number of aryl methyl sites for hydroxylation is 1. The first-order chi connectivity index (χ1) is 7.84. The lowest BCUT2D eigenvalue weighted by atomic mass is 10.0. The minimum atomic E-state index is 0.680. The fourth-order valence-electron chi connectivity index (χ4n) is 2.04. The Bertz CT molecular complexity index is 303. The molecule has 4 nitrogen and oxygen atoms in total. The summed E-state index contributed by atoms with van der Waals surface area (Å²) < 4.78 is 0. The maximum Gasteiger partial charge on any atom is 0.148 e. The number of nitrogens with zero attached hydrogens (tertiary/aromatic N) is 2. The largest absolute Gasteiger partial charge is 0.369 e. The van der Waals surface area contributed by atoms with Gasteiger partial charge in [0.1, 0.15) is 5.82 Å². The highest BCUT2D eigenvalue weighted by Crippen LogP contribution is 2.10. The second-order valence-corrected chi connectivity index (χ2v) is 4.42. The SMILES string of the molecule is Cc1ccc(NCCC2CCCCN2)nn1. The molecule has 1 aliphatic heterocycles. The number of anilines is 1. The van der Waals surface area contributed by atoms with Crippen molar-refractivity contribution in [2.24, 2.45) is 0 Å². The summed E-state index contributed by atoms with van der Waals surface area (Å²) in [6.45, 7) is 4.09. The third kappa shape index (κ3) is 3.45. The fraction of sp³-hybridized carbons (Fsp3) is 0.667. The fourth-order valence-corrected chi connectivity index (χ4v) is 2.04. The van der Waals surface area contributed by atoms with Crippen molar-refractivity contribution in [3.05, 3.63) is 17.8 Å². The van der Waals surface area contributed by atoms with Gasteiger partial charge in [0, 0.05) is 12.6 Å².